The van der Waals surface area contributed by atoms with Gasteiger partial charge in [-0.1, -0.05) is 12.1 Å². The summed E-state index contributed by atoms with van der Waals surface area (Å²) in [6.45, 7) is 4.03. The van der Waals surface area contributed by atoms with Crippen LogP contribution >= 0.6 is 11.3 Å². The van der Waals surface area contributed by atoms with Crippen molar-refractivity contribution in [2.45, 2.75) is 13.8 Å². The number of ether oxygens (including phenoxy) is 1. The van der Waals surface area contributed by atoms with Crippen molar-refractivity contribution in [3.8, 4) is 0 Å². The fourth-order valence-corrected chi connectivity index (χ4v) is 2.65. The van der Waals surface area contributed by atoms with Gasteiger partial charge in [-0.3, -0.25) is 4.79 Å². The van der Waals surface area contributed by atoms with Gasteiger partial charge in [0.2, 0.25) is 0 Å². The number of rotatable bonds is 5. The summed E-state index contributed by atoms with van der Waals surface area (Å²) in [5.74, 6) is -0.477. The molecule has 0 saturated heterocycles. The highest BCUT2D eigenvalue weighted by atomic mass is 32.1. The van der Waals surface area contributed by atoms with Gasteiger partial charge in [0, 0.05) is 11.8 Å². The van der Waals surface area contributed by atoms with Crippen molar-refractivity contribution in [1.29, 1.82) is 0 Å². The second-order valence-electron chi connectivity index (χ2n) is 4.59. The fraction of sp³-hybridized carbons (Fsp3) is 0.176. The van der Waals surface area contributed by atoms with E-state index in [1.54, 1.807) is 25.1 Å². The van der Waals surface area contributed by atoms with Crippen LogP contribution in [0.4, 0.5) is 5.69 Å². The smallest absolute Gasteiger partial charge is 0.330 e. The van der Waals surface area contributed by atoms with E-state index < -0.39 is 0 Å². The number of carbonyl (C=O) groups excluding carboxylic acids is 2. The van der Waals surface area contributed by atoms with E-state index in [1.165, 1.54) is 17.4 Å². The van der Waals surface area contributed by atoms with Crippen molar-refractivity contribution < 1.29 is 14.3 Å². The molecule has 0 aliphatic heterocycles. The van der Waals surface area contributed by atoms with Crippen molar-refractivity contribution >= 4 is 35.0 Å². The maximum absolute atomic E-state index is 12.1. The third-order valence-electron chi connectivity index (χ3n) is 2.94. The Bertz CT molecular complexity index is 686. The van der Waals surface area contributed by atoms with Crippen LogP contribution in [-0.4, -0.2) is 18.5 Å². The lowest BCUT2D eigenvalue weighted by atomic mass is 10.2. The highest BCUT2D eigenvalue weighted by Gasteiger charge is 2.10. The van der Waals surface area contributed by atoms with Gasteiger partial charge in [0.25, 0.3) is 5.91 Å². The number of aryl methyl sites for hydroxylation is 1. The molecule has 0 fully saturated rings. The molecule has 0 bridgehead atoms. The number of hydrogen-bond donors (Lipinski definition) is 1. The summed E-state index contributed by atoms with van der Waals surface area (Å²) in [6.07, 6.45) is 3.05. The number of anilines is 1. The molecule has 1 heterocycles. The Hall–Kier alpha value is -2.40. The van der Waals surface area contributed by atoms with Crippen LogP contribution in [0.2, 0.25) is 0 Å². The third-order valence-corrected chi connectivity index (χ3v) is 3.95. The van der Waals surface area contributed by atoms with Gasteiger partial charge in [0.05, 0.1) is 11.5 Å². The van der Waals surface area contributed by atoms with Gasteiger partial charge in [-0.25, -0.2) is 4.79 Å². The van der Waals surface area contributed by atoms with E-state index in [9.17, 15) is 9.59 Å². The minimum absolute atomic E-state index is 0.109. The van der Waals surface area contributed by atoms with Gasteiger partial charge in [0.15, 0.2) is 0 Å². The first-order valence-electron chi connectivity index (χ1n) is 6.90. The Morgan fingerprint density at radius 3 is 2.55 bits per heavy atom. The number of esters is 1. The predicted molar refractivity (Wildman–Crippen MR) is 89.1 cm³/mol. The quantitative estimate of drug-likeness (QED) is 0.673. The van der Waals surface area contributed by atoms with Gasteiger partial charge in [-0.15, -0.1) is 11.3 Å². The monoisotopic (exact) mass is 315 g/mol. The molecule has 1 aromatic heterocycles. The molecule has 0 unspecified atom stereocenters. The highest BCUT2D eigenvalue weighted by Crippen LogP contribution is 2.18. The summed E-state index contributed by atoms with van der Waals surface area (Å²) in [5.41, 5.74) is 2.54. The summed E-state index contributed by atoms with van der Waals surface area (Å²) in [6, 6.07) is 9.17. The SMILES string of the molecule is CCOC(=O)/C=C/c1ccc(NC(=O)c2sccc2C)cc1. The lowest BCUT2D eigenvalue weighted by molar-refractivity contribution is -0.137. The van der Waals surface area contributed by atoms with E-state index in [1.807, 2.05) is 30.5 Å². The van der Waals surface area contributed by atoms with Crippen LogP contribution in [-0.2, 0) is 9.53 Å². The highest BCUT2D eigenvalue weighted by molar-refractivity contribution is 7.12. The molecule has 0 aliphatic rings. The van der Waals surface area contributed by atoms with Crippen LogP contribution in [0.25, 0.3) is 6.08 Å². The van der Waals surface area contributed by atoms with E-state index >= 15 is 0 Å². The largest absolute Gasteiger partial charge is 0.463 e. The zero-order valence-corrected chi connectivity index (χ0v) is 13.3. The van der Waals surface area contributed by atoms with Gasteiger partial charge in [0.1, 0.15) is 0 Å². The van der Waals surface area contributed by atoms with E-state index in [0.717, 1.165) is 11.1 Å². The molecule has 1 aromatic carbocycles. The Balaban J connectivity index is 1.99. The third kappa shape index (κ3) is 4.30. The molecule has 2 aromatic rings. The zero-order valence-electron chi connectivity index (χ0n) is 12.5. The summed E-state index contributed by atoms with van der Waals surface area (Å²) >= 11 is 1.42. The van der Waals surface area contributed by atoms with Crippen molar-refractivity contribution in [3.05, 3.63) is 57.8 Å². The first-order valence-corrected chi connectivity index (χ1v) is 7.78. The summed E-state index contributed by atoms with van der Waals surface area (Å²) < 4.78 is 4.81. The lowest BCUT2D eigenvalue weighted by Gasteiger charge is -2.05. The van der Waals surface area contributed by atoms with E-state index in [2.05, 4.69) is 5.32 Å². The molecule has 0 radical (unpaired) electrons. The van der Waals surface area contributed by atoms with Crippen LogP contribution in [0, 0.1) is 6.92 Å². The molecule has 5 heteroatoms. The fourth-order valence-electron chi connectivity index (χ4n) is 1.83. The predicted octanol–water partition coefficient (Wildman–Crippen LogP) is 3.89. The number of hydrogen-bond acceptors (Lipinski definition) is 4. The van der Waals surface area contributed by atoms with Crippen molar-refractivity contribution in [1.82, 2.24) is 0 Å². The van der Waals surface area contributed by atoms with Crippen LogP contribution < -0.4 is 5.32 Å². The van der Waals surface area contributed by atoms with E-state index in [-0.39, 0.29) is 11.9 Å². The summed E-state index contributed by atoms with van der Waals surface area (Å²) in [7, 11) is 0. The van der Waals surface area contributed by atoms with Crippen molar-refractivity contribution in [3.63, 3.8) is 0 Å². The Kier molecular flexibility index (Phi) is 5.49. The van der Waals surface area contributed by atoms with Crippen LogP contribution in [0.15, 0.2) is 41.8 Å². The average molecular weight is 315 g/mol. The van der Waals surface area contributed by atoms with E-state index in [4.69, 9.17) is 4.74 Å². The van der Waals surface area contributed by atoms with Gasteiger partial charge >= 0.3 is 5.97 Å². The number of carbonyl (C=O) groups is 2. The zero-order chi connectivity index (χ0) is 15.9. The normalized spacial score (nSPS) is 10.6. The lowest BCUT2D eigenvalue weighted by Crippen LogP contribution is -2.11. The Morgan fingerprint density at radius 2 is 1.95 bits per heavy atom. The molecule has 2 rings (SSSR count). The summed E-state index contributed by atoms with van der Waals surface area (Å²) in [5, 5.41) is 4.75. The molecule has 114 valence electrons. The number of benzene rings is 1. The van der Waals surface area contributed by atoms with E-state index in [0.29, 0.717) is 17.2 Å². The second kappa shape index (κ2) is 7.56. The first kappa shape index (κ1) is 16.0. The molecular weight excluding hydrogens is 298 g/mol. The minimum atomic E-state index is -0.368. The standard InChI is InChI=1S/C17H17NO3S/c1-3-21-15(19)9-6-13-4-7-14(8-5-13)18-17(20)16-12(2)10-11-22-16/h4-11H,3H2,1-2H3,(H,18,20)/b9-6+. The number of amides is 1. The van der Waals surface area contributed by atoms with Crippen LogP contribution in [0.1, 0.15) is 27.7 Å². The minimum Gasteiger partial charge on any atom is -0.463 e. The van der Waals surface area contributed by atoms with Gasteiger partial charge < -0.3 is 10.1 Å². The number of nitrogens with one attached hydrogen (secondary N) is 1. The average Bonchev–Trinajstić information content (AvgIpc) is 2.93. The Morgan fingerprint density at radius 1 is 1.23 bits per heavy atom. The van der Waals surface area contributed by atoms with Gasteiger partial charge in [-0.05, 0) is 54.6 Å². The molecule has 0 atom stereocenters. The maximum atomic E-state index is 12.1. The second-order valence-corrected chi connectivity index (χ2v) is 5.51. The molecule has 1 N–H and O–H groups in total. The van der Waals surface area contributed by atoms with Crippen LogP contribution in [0.3, 0.4) is 0 Å². The molecule has 22 heavy (non-hydrogen) atoms. The van der Waals surface area contributed by atoms with Crippen LogP contribution in [0.5, 0.6) is 0 Å². The Labute approximate surface area is 133 Å². The molecule has 0 saturated carbocycles. The summed E-state index contributed by atoms with van der Waals surface area (Å²) in [4.78, 5) is 24.0. The number of thiophene rings is 1. The molecule has 0 aliphatic carbocycles. The molecule has 4 nitrogen and oxygen atoms in total. The van der Waals surface area contributed by atoms with Crippen molar-refractivity contribution in [2.24, 2.45) is 0 Å². The molecule has 1 amide bonds. The maximum Gasteiger partial charge on any atom is 0.330 e. The topological polar surface area (TPSA) is 55.4 Å². The van der Waals surface area contributed by atoms with Crippen molar-refractivity contribution in [2.75, 3.05) is 11.9 Å². The first-order chi connectivity index (χ1) is 10.6. The molecular formula is C17H17NO3S. The molecule has 0 spiro atoms. The van der Waals surface area contributed by atoms with Gasteiger partial charge in [-0.2, -0.15) is 0 Å².